The lowest BCUT2D eigenvalue weighted by atomic mass is 10.2. The predicted octanol–water partition coefficient (Wildman–Crippen LogP) is 14.7. The lowest BCUT2D eigenvalue weighted by molar-refractivity contribution is 0.565. The molecule has 0 aliphatic heterocycles. The van der Waals surface area contributed by atoms with Gasteiger partial charge in [0.05, 0.1) is 5.69 Å². The van der Waals surface area contributed by atoms with Gasteiger partial charge in [-0.25, -0.2) is 4.79 Å². The summed E-state index contributed by atoms with van der Waals surface area (Å²) in [5.41, 5.74) is 3.29. The van der Waals surface area contributed by atoms with Crippen molar-refractivity contribution in [2.45, 2.75) is 116 Å². The second-order valence-corrected chi connectivity index (χ2v) is 8.12. The first-order valence-electron chi connectivity index (χ1n) is 16.6. The van der Waals surface area contributed by atoms with E-state index in [1.807, 2.05) is 133 Å². The molecule has 0 radical (unpaired) electrons. The molecule has 0 spiro atoms. The van der Waals surface area contributed by atoms with E-state index in [4.69, 9.17) is 0 Å². The van der Waals surface area contributed by atoms with Crippen molar-refractivity contribution in [3.8, 4) is 0 Å². The molecule has 0 aromatic heterocycles. The number of hydrogen-bond donors (Lipinski definition) is 0. The Morgan fingerprint density at radius 1 is 0.409 bits per heavy atom. The third-order valence-corrected chi connectivity index (χ3v) is 3.48. The van der Waals surface area contributed by atoms with Crippen LogP contribution in [0.1, 0.15) is 113 Å². The summed E-state index contributed by atoms with van der Waals surface area (Å²) in [6.07, 6.45) is 5.21. The highest BCUT2D eigenvalue weighted by Crippen LogP contribution is 2.07. The molecule has 0 saturated carbocycles. The first-order valence-corrected chi connectivity index (χ1v) is 16.6. The molecular formula is C42H69NO. The minimum absolute atomic E-state index is 0.646. The van der Waals surface area contributed by atoms with Crippen molar-refractivity contribution in [1.29, 1.82) is 0 Å². The number of rotatable bonds is 1. The molecule has 0 N–H and O–H groups in total. The summed E-state index contributed by atoms with van der Waals surface area (Å²) >= 11 is 0. The normalized spacial score (nSPS) is 7.14. The van der Waals surface area contributed by atoms with Crippen molar-refractivity contribution in [2.24, 2.45) is 4.99 Å². The van der Waals surface area contributed by atoms with Gasteiger partial charge in [-0.05, 0) is 26.0 Å². The predicted molar refractivity (Wildman–Crippen MR) is 205 cm³/mol. The standard InChI is InChI=1S/C7H5NO.2C7H8.C6H6.3C3H8.3C2H6/c9-6-8-7-4-2-1-3-5-7;2*1-7-5-3-2-4-6-7;1-2-4-6-5-3-1;3*1-3-2;3*1-2/h1-5H;2*2-6H,1H3;1-6H;3*3H2,1-2H3;3*1-2H3. The summed E-state index contributed by atoms with van der Waals surface area (Å²) < 4.78 is 0. The topological polar surface area (TPSA) is 29.4 Å². The maximum absolute atomic E-state index is 9.68. The molecule has 2 nitrogen and oxygen atoms in total. The van der Waals surface area contributed by atoms with Crippen molar-refractivity contribution in [1.82, 2.24) is 0 Å². The lowest BCUT2D eigenvalue weighted by Crippen LogP contribution is -1.62. The van der Waals surface area contributed by atoms with Gasteiger partial charge in [0, 0.05) is 0 Å². The van der Waals surface area contributed by atoms with Gasteiger partial charge in [0.1, 0.15) is 0 Å². The number of hydrogen-bond acceptors (Lipinski definition) is 2. The molecule has 0 amide bonds. The number of benzene rings is 4. The summed E-state index contributed by atoms with van der Waals surface area (Å²) in [5, 5.41) is 0. The summed E-state index contributed by atoms with van der Waals surface area (Å²) in [6, 6.07) is 41.5. The van der Waals surface area contributed by atoms with Gasteiger partial charge >= 0.3 is 0 Å². The SMILES string of the molecule is CC.CC.CC.CCC.CCC.CCC.Cc1ccccc1.Cc1ccccc1.O=C=Nc1ccccc1.c1ccccc1. The van der Waals surface area contributed by atoms with Gasteiger partial charge in [-0.2, -0.15) is 4.99 Å². The highest BCUT2D eigenvalue weighted by molar-refractivity contribution is 5.47. The van der Waals surface area contributed by atoms with Crippen LogP contribution in [-0.2, 0) is 4.79 Å². The highest BCUT2D eigenvalue weighted by atomic mass is 16.1. The van der Waals surface area contributed by atoms with E-state index >= 15 is 0 Å². The fraction of sp³-hybridized carbons (Fsp3) is 0.405. The van der Waals surface area contributed by atoms with Gasteiger partial charge in [0.15, 0.2) is 0 Å². The van der Waals surface area contributed by atoms with Crippen LogP contribution in [0.5, 0.6) is 0 Å². The van der Waals surface area contributed by atoms with Crippen LogP contribution < -0.4 is 0 Å². The molecule has 248 valence electrons. The molecule has 0 aliphatic carbocycles. The minimum Gasteiger partial charge on any atom is -0.211 e. The fourth-order valence-corrected chi connectivity index (χ4v) is 2.01. The number of aliphatic imine (C=N–C) groups is 1. The molecule has 44 heavy (non-hydrogen) atoms. The van der Waals surface area contributed by atoms with Gasteiger partial charge in [-0.15, -0.1) is 0 Å². The van der Waals surface area contributed by atoms with E-state index in [9.17, 15) is 4.79 Å². The third kappa shape index (κ3) is 62.0. The summed E-state index contributed by atoms with van der Waals surface area (Å²) in [7, 11) is 0. The Bertz CT molecular complexity index is 881. The molecule has 0 unspecified atom stereocenters. The Balaban J connectivity index is -0.0000000961. The van der Waals surface area contributed by atoms with Crippen molar-refractivity contribution in [2.75, 3.05) is 0 Å². The molecule has 0 aliphatic rings. The number of nitrogens with zero attached hydrogens (tertiary/aromatic N) is 1. The van der Waals surface area contributed by atoms with E-state index in [1.54, 1.807) is 12.1 Å². The van der Waals surface area contributed by atoms with Crippen molar-refractivity contribution in [3.63, 3.8) is 0 Å². The van der Waals surface area contributed by atoms with Crippen LogP contribution in [0, 0.1) is 13.8 Å². The highest BCUT2D eigenvalue weighted by Gasteiger charge is 1.80. The number of aryl methyl sites for hydroxylation is 2. The van der Waals surface area contributed by atoms with E-state index in [0.717, 1.165) is 0 Å². The summed E-state index contributed by atoms with van der Waals surface area (Å²) in [4.78, 5) is 13.1. The van der Waals surface area contributed by atoms with Crippen LogP contribution in [0.2, 0.25) is 0 Å². The monoisotopic (exact) mass is 604 g/mol. The maximum Gasteiger partial charge on any atom is 0.240 e. The number of carbonyl (C=O) groups excluding carboxylic acids is 1. The Labute approximate surface area is 275 Å². The van der Waals surface area contributed by atoms with Crippen LogP contribution in [-0.4, -0.2) is 6.08 Å². The van der Waals surface area contributed by atoms with Crippen LogP contribution in [0.15, 0.2) is 132 Å². The average Bonchev–Trinajstić information content (AvgIpc) is 3.08. The Morgan fingerprint density at radius 2 is 0.591 bits per heavy atom. The van der Waals surface area contributed by atoms with Crippen LogP contribution in [0.3, 0.4) is 0 Å². The molecule has 0 heterocycles. The molecule has 2 heteroatoms. The van der Waals surface area contributed by atoms with Crippen LogP contribution in [0.4, 0.5) is 5.69 Å². The zero-order chi connectivity index (χ0) is 35.1. The van der Waals surface area contributed by atoms with E-state index in [2.05, 4.69) is 84.6 Å². The van der Waals surface area contributed by atoms with Gasteiger partial charge in [-0.1, -0.05) is 229 Å². The molecular weight excluding hydrogens is 534 g/mol. The maximum atomic E-state index is 9.68. The average molecular weight is 604 g/mol. The molecule has 4 rings (SSSR count). The molecule has 0 fully saturated rings. The van der Waals surface area contributed by atoms with Crippen LogP contribution in [0.25, 0.3) is 0 Å². The zero-order valence-corrected chi connectivity index (χ0v) is 31.1. The smallest absolute Gasteiger partial charge is 0.211 e. The van der Waals surface area contributed by atoms with Gasteiger partial charge in [0.25, 0.3) is 0 Å². The largest absolute Gasteiger partial charge is 0.240 e. The van der Waals surface area contributed by atoms with E-state index in [-0.39, 0.29) is 0 Å². The number of isocyanates is 1. The van der Waals surface area contributed by atoms with Gasteiger partial charge < -0.3 is 0 Å². The van der Waals surface area contributed by atoms with Gasteiger partial charge in [-0.3, -0.25) is 0 Å². The Kier molecular flexibility index (Phi) is 70.7. The third-order valence-electron chi connectivity index (χ3n) is 3.48. The van der Waals surface area contributed by atoms with E-state index in [0.29, 0.717) is 5.69 Å². The summed E-state index contributed by atoms with van der Waals surface area (Å²) in [6.45, 7) is 28.9. The molecule has 4 aromatic rings. The first kappa shape index (κ1) is 52.9. The second-order valence-electron chi connectivity index (χ2n) is 8.12. The molecule has 0 saturated heterocycles. The van der Waals surface area contributed by atoms with Crippen molar-refractivity contribution in [3.05, 3.63) is 139 Å². The molecule has 4 aromatic carbocycles. The van der Waals surface area contributed by atoms with Crippen molar-refractivity contribution >= 4 is 11.8 Å². The molecule has 0 bridgehead atoms. The number of para-hydroxylation sites is 1. The quantitative estimate of drug-likeness (QED) is 0.157. The fourth-order valence-electron chi connectivity index (χ4n) is 2.01. The summed E-state index contributed by atoms with van der Waals surface area (Å²) in [5.74, 6) is 0. The Hall–Kier alpha value is -3.74. The van der Waals surface area contributed by atoms with E-state index in [1.165, 1.54) is 36.5 Å². The molecule has 0 atom stereocenters. The first-order chi connectivity index (χ1) is 21.5. The van der Waals surface area contributed by atoms with Crippen LogP contribution >= 0.6 is 0 Å². The van der Waals surface area contributed by atoms with Gasteiger partial charge in [0.2, 0.25) is 6.08 Å². The minimum atomic E-state index is 0.646. The van der Waals surface area contributed by atoms with E-state index < -0.39 is 0 Å². The Morgan fingerprint density at radius 3 is 0.750 bits per heavy atom. The zero-order valence-electron chi connectivity index (χ0n) is 31.1. The lowest BCUT2D eigenvalue weighted by Gasteiger charge is -1.83. The second kappa shape index (κ2) is 58.8. The van der Waals surface area contributed by atoms with Crippen molar-refractivity contribution < 1.29 is 4.79 Å².